The molecule has 2 saturated heterocycles. The third-order valence-corrected chi connectivity index (χ3v) is 4.81. The highest BCUT2D eigenvalue weighted by molar-refractivity contribution is 7.99. The summed E-state index contributed by atoms with van der Waals surface area (Å²) in [5, 5.41) is 3.40. The summed E-state index contributed by atoms with van der Waals surface area (Å²) in [5.41, 5.74) is 0. The van der Waals surface area contributed by atoms with Crippen LogP contribution in [0, 0.1) is 11.8 Å². The Balaban J connectivity index is 1.96. The molecule has 0 aromatic carbocycles. The lowest BCUT2D eigenvalue weighted by molar-refractivity contribution is -0.131. The maximum absolute atomic E-state index is 12.2. The number of nitrogens with one attached hydrogen (secondary N) is 1. The second kappa shape index (κ2) is 4.96. The van der Waals surface area contributed by atoms with Gasteiger partial charge in [0.25, 0.3) is 0 Å². The van der Waals surface area contributed by atoms with Crippen molar-refractivity contribution in [1.82, 2.24) is 10.2 Å². The summed E-state index contributed by atoms with van der Waals surface area (Å²) in [6.45, 7) is 7.26. The van der Waals surface area contributed by atoms with E-state index in [1.54, 1.807) is 0 Å². The van der Waals surface area contributed by atoms with E-state index in [0.29, 0.717) is 17.7 Å². The smallest absolute Gasteiger partial charge is 0.241 e. The van der Waals surface area contributed by atoms with Crippen LogP contribution in [0.3, 0.4) is 0 Å². The van der Waals surface area contributed by atoms with Crippen LogP contribution in [0.2, 0.25) is 0 Å². The SMILES string of the molecule is CC(C)C1NC(C)N(CC2CCSC2)C1=O. The van der Waals surface area contributed by atoms with E-state index in [1.165, 1.54) is 17.9 Å². The zero-order chi connectivity index (χ0) is 11.7. The Morgan fingerprint density at radius 2 is 2.31 bits per heavy atom. The molecule has 0 aliphatic carbocycles. The molecule has 3 atom stereocenters. The number of hydrogen-bond acceptors (Lipinski definition) is 3. The van der Waals surface area contributed by atoms with E-state index < -0.39 is 0 Å². The lowest BCUT2D eigenvalue weighted by Crippen LogP contribution is -2.38. The van der Waals surface area contributed by atoms with Gasteiger partial charge in [-0.2, -0.15) is 11.8 Å². The molecule has 4 heteroatoms. The minimum atomic E-state index is 0.0315. The molecule has 2 aliphatic heterocycles. The fraction of sp³-hybridized carbons (Fsp3) is 0.917. The summed E-state index contributed by atoms with van der Waals surface area (Å²) in [4.78, 5) is 14.2. The van der Waals surface area contributed by atoms with Gasteiger partial charge in [0.2, 0.25) is 5.91 Å². The van der Waals surface area contributed by atoms with Gasteiger partial charge in [0.05, 0.1) is 12.2 Å². The molecule has 16 heavy (non-hydrogen) atoms. The summed E-state index contributed by atoms with van der Waals surface area (Å²) < 4.78 is 0. The summed E-state index contributed by atoms with van der Waals surface area (Å²) >= 11 is 2.02. The van der Waals surface area contributed by atoms with E-state index in [0.717, 1.165) is 6.54 Å². The van der Waals surface area contributed by atoms with Gasteiger partial charge in [-0.15, -0.1) is 0 Å². The topological polar surface area (TPSA) is 32.3 Å². The van der Waals surface area contributed by atoms with Crippen molar-refractivity contribution in [3.8, 4) is 0 Å². The quantitative estimate of drug-likeness (QED) is 0.815. The predicted molar refractivity (Wildman–Crippen MR) is 68.4 cm³/mol. The van der Waals surface area contributed by atoms with Crippen LogP contribution in [-0.2, 0) is 4.79 Å². The summed E-state index contributed by atoms with van der Waals surface area (Å²) in [6.07, 6.45) is 1.48. The highest BCUT2D eigenvalue weighted by atomic mass is 32.2. The van der Waals surface area contributed by atoms with E-state index >= 15 is 0 Å². The van der Waals surface area contributed by atoms with E-state index in [4.69, 9.17) is 0 Å². The van der Waals surface area contributed by atoms with Gasteiger partial charge in [0.1, 0.15) is 0 Å². The second-order valence-electron chi connectivity index (χ2n) is 5.28. The number of carbonyl (C=O) groups is 1. The number of hydrogen-bond donors (Lipinski definition) is 1. The molecule has 1 N–H and O–H groups in total. The first kappa shape index (κ1) is 12.2. The fourth-order valence-corrected chi connectivity index (χ4v) is 3.79. The molecule has 0 radical (unpaired) electrons. The molecule has 0 aromatic heterocycles. The number of amides is 1. The van der Waals surface area contributed by atoms with Crippen molar-refractivity contribution in [1.29, 1.82) is 0 Å². The Hall–Kier alpha value is -0.220. The lowest BCUT2D eigenvalue weighted by Gasteiger charge is -2.24. The van der Waals surface area contributed by atoms with Gasteiger partial charge in [-0.3, -0.25) is 10.1 Å². The first-order chi connectivity index (χ1) is 7.59. The second-order valence-corrected chi connectivity index (χ2v) is 6.43. The van der Waals surface area contributed by atoms with Crippen LogP contribution in [0.25, 0.3) is 0 Å². The van der Waals surface area contributed by atoms with Crippen molar-refractivity contribution in [2.75, 3.05) is 18.1 Å². The van der Waals surface area contributed by atoms with E-state index in [1.807, 2.05) is 16.7 Å². The Kier molecular flexibility index (Phi) is 3.80. The fourth-order valence-electron chi connectivity index (χ4n) is 2.52. The molecule has 2 rings (SSSR count). The zero-order valence-corrected chi connectivity index (χ0v) is 11.2. The van der Waals surface area contributed by atoms with Crippen LogP contribution in [0.5, 0.6) is 0 Å². The zero-order valence-electron chi connectivity index (χ0n) is 10.4. The number of thioether (sulfide) groups is 1. The molecule has 0 bridgehead atoms. The minimum Gasteiger partial charge on any atom is -0.326 e. The lowest BCUT2D eigenvalue weighted by atomic mass is 10.0. The maximum Gasteiger partial charge on any atom is 0.241 e. The van der Waals surface area contributed by atoms with Crippen molar-refractivity contribution >= 4 is 17.7 Å². The van der Waals surface area contributed by atoms with E-state index in [-0.39, 0.29) is 12.2 Å². The minimum absolute atomic E-state index is 0.0315. The van der Waals surface area contributed by atoms with E-state index in [2.05, 4.69) is 26.1 Å². The van der Waals surface area contributed by atoms with Crippen LogP contribution in [0.4, 0.5) is 0 Å². The molecule has 3 nitrogen and oxygen atoms in total. The van der Waals surface area contributed by atoms with Crippen molar-refractivity contribution < 1.29 is 4.79 Å². The maximum atomic E-state index is 12.2. The molecular weight excluding hydrogens is 220 g/mol. The molecule has 92 valence electrons. The van der Waals surface area contributed by atoms with Gasteiger partial charge in [-0.05, 0) is 36.7 Å². The van der Waals surface area contributed by atoms with Gasteiger partial charge in [-0.1, -0.05) is 13.8 Å². The molecule has 0 aromatic rings. The van der Waals surface area contributed by atoms with Crippen molar-refractivity contribution in [3.05, 3.63) is 0 Å². The molecule has 2 aliphatic rings. The average Bonchev–Trinajstić information content (AvgIpc) is 2.81. The van der Waals surface area contributed by atoms with Crippen molar-refractivity contribution in [2.45, 2.75) is 39.4 Å². The molecular formula is C12H22N2OS. The molecule has 0 saturated carbocycles. The van der Waals surface area contributed by atoms with Crippen LogP contribution in [-0.4, -0.2) is 41.1 Å². The van der Waals surface area contributed by atoms with Crippen molar-refractivity contribution in [3.63, 3.8) is 0 Å². The largest absolute Gasteiger partial charge is 0.326 e. The third-order valence-electron chi connectivity index (χ3n) is 3.58. The number of carbonyl (C=O) groups excluding carboxylic acids is 1. The summed E-state index contributed by atoms with van der Waals surface area (Å²) in [6, 6.07) is 0.0315. The van der Waals surface area contributed by atoms with Crippen LogP contribution < -0.4 is 5.32 Å². The normalized spacial score (nSPS) is 35.4. The standard InChI is InChI=1S/C12H22N2OS/c1-8(2)11-12(15)14(9(3)13-11)6-10-4-5-16-7-10/h8-11,13H,4-7H2,1-3H3. The molecule has 0 spiro atoms. The van der Waals surface area contributed by atoms with Gasteiger partial charge in [-0.25, -0.2) is 0 Å². The number of nitrogens with zero attached hydrogens (tertiary/aromatic N) is 1. The van der Waals surface area contributed by atoms with Gasteiger partial charge in [0, 0.05) is 6.54 Å². The molecule has 2 heterocycles. The molecule has 2 fully saturated rings. The Morgan fingerprint density at radius 3 is 2.81 bits per heavy atom. The monoisotopic (exact) mass is 242 g/mol. The highest BCUT2D eigenvalue weighted by Gasteiger charge is 2.39. The van der Waals surface area contributed by atoms with Crippen molar-refractivity contribution in [2.24, 2.45) is 11.8 Å². The Labute approximate surface area is 102 Å². The van der Waals surface area contributed by atoms with E-state index in [9.17, 15) is 4.79 Å². The first-order valence-corrected chi connectivity index (χ1v) is 7.39. The van der Waals surface area contributed by atoms with Gasteiger partial charge in [0.15, 0.2) is 0 Å². The average molecular weight is 242 g/mol. The first-order valence-electron chi connectivity index (χ1n) is 6.24. The van der Waals surface area contributed by atoms with Gasteiger partial charge >= 0.3 is 0 Å². The summed E-state index contributed by atoms with van der Waals surface area (Å²) in [7, 11) is 0. The number of rotatable bonds is 3. The van der Waals surface area contributed by atoms with Crippen LogP contribution in [0.15, 0.2) is 0 Å². The molecule has 1 amide bonds. The molecule has 3 unspecified atom stereocenters. The Bertz CT molecular complexity index is 264. The third kappa shape index (κ3) is 2.38. The van der Waals surface area contributed by atoms with Crippen LogP contribution in [0.1, 0.15) is 27.2 Å². The summed E-state index contributed by atoms with van der Waals surface area (Å²) in [5.74, 6) is 3.90. The highest BCUT2D eigenvalue weighted by Crippen LogP contribution is 2.26. The van der Waals surface area contributed by atoms with Crippen LogP contribution >= 0.6 is 11.8 Å². The Morgan fingerprint density at radius 1 is 1.56 bits per heavy atom. The predicted octanol–water partition coefficient (Wildman–Crippen LogP) is 1.54. The van der Waals surface area contributed by atoms with Gasteiger partial charge < -0.3 is 4.90 Å².